The summed E-state index contributed by atoms with van der Waals surface area (Å²) in [4.78, 5) is 24.4. The van der Waals surface area contributed by atoms with Gasteiger partial charge < -0.3 is 0 Å². The van der Waals surface area contributed by atoms with E-state index in [9.17, 15) is 9.59 Å². The summed E-state index contributed by atoms with van der Waals surface area (Å²) < 4.78 is 1.25. The minimum absolute atomic E-state index is 0.275. The molecule has 1 amide bonds. The van der Waals surface area contributed by atoms with E-state index in [0.717, 1.165) is 42.8 Å². The summed E-state index contributed by atoms with van der Waals surface area (Å²) in [5, 5.41) is 16.5. The number of carbonyl (C=O) groups is 1. The van der Waals surface area contributed by atoms with E-state index in [2.05, 4.69) is 27.5 Å². The Morgan fingerprint density at radius 1 is 1.42 bits per heavy atom. The lowest BCUT2D eigenvalue weighted by Crippen LogP contribution is -2.33. The number of anilines is 1. The third kappa shape index (κ3) is 3.87. The van der Waals surface area contributed by atoms with Crippen LogP contribution in [0.15, 0.2) is 16.9 Å². The maximum absolute atomic E-state index is 12.4. The summed E-state index contributed by atoms with van der Waals surface area (Å²) in [7, 11) is 0. The topological polar surface area (TPSA) is 89.8 Å². The molecule has 2 aromatic rings. The number of aromatic nitrogens is 4. The van der Waals surface area contributed by atoms with Gasteiger partial charge in [0.2, 0.25) is 5.13 Å². The highest BCUT2D eigenvalue weighted by Crippen LogP contribution is 2.38. The van der Waals surface area contributed by atoms with Crippen LogP contribution in [0.5, 0.6) is 0 Å². The van der Waals surface area contributed by atoms with Crippen molar-refractivity contribution >= 4 is 22.4 Å². The molecule has 0 saturated heterocycles. The maximum Gasteiger partial charge on any atom is 0.267 e. The molecule has 2 heterocycles. The van der Waals surface area contributed by atoms with Crippen LogP contribution >= 0.6 is 11.3 Å². The fraction of sp³-hybridized carbons (Fsp3) is 0.562. The normalized spacial score (nSPS) is 15.2. The maximum atomic E-state index is 12.4. The summed E-state index contributed by atoms with van der Waals surface area (Å²) in [6.07, 6.45) is 5.19. The fourth-order valence-electron chi connectivity index (χ4n) is 2.37. The van der Waals surface area contributed by atoms with Crippen molar-refractivity contribution in [1.29, 1.82) is 0 Å². The van der Waals surface area contributed by atoms with Gasteiger partial charge in [-0.2, -0.15) is 5.10 Å². The van der Waals surface area contributed by atoms with Gasteiger partial charge in [0.25, 0.3) is 11.5 Å². The van der Waals surface area contributed by atoms with Crippen LogP contribution in [0.4, 0.5) is 5.13 Å². The number of nitrogens with zero attached hydrogens (tertiary/aromatic N) is 4. The molecule has 0 bridgehead atoms. The number of aryl methyl sites for hydroxylation is 1. The standard InChI is InChI=1S/C16H21N5O2S/c1-3-4-5-13-18-19-16(24-13)17-15(23)10(2)21-14(22)9-8-12(20-21)11-6-7-11/h8-11H,3-7H2,1-2H3,(H,17,19,23)/t10-/m0/s1. The number of unbranched alkanes of at least 4 members (excludes halogenated alkanes) is 1. The third-order valence-corrected chi connectivity index (χ3v) is 4.93. The van der Waals surface area contributed by atoms with E-state index in [-0.39, 0.29) is 11.5 Å². The van der Waals surface area contributed by atoms with Gasteiger partial charge in [0.1, 0.15) is 11.0 Å². The van der Waals surface area contributed by atoms with E-state index in [0.29, 0.717) is 11.0 Å². The monoisotopic (exact) mass is 347 g/mol. The lowest BCUT2D eigenvalue weighted by molar-refractivity contribution is -0.119. The lowest BCUT2D eigenvalue weighted by Gasteiger charge is -2.13. The first kappa shape index (κ1) is 16.8. The number of nitrogens with one attached hydrogen (secondary N) is 1. The number of carbonyl (C=O) groups excluding carboxylic acids is 1. The summed E-state index contributed by atoms with van der Waals surface area (Å²) in [5.41, 5.74) is 0.606. The zero-order valence-corrected chi connectivity index (χ0v) is 14.7. The molecule has 0 radical (unpaired) electrons. The van der Waals surface area contributed by atoms with Gasteiger partial charge in [0, 0.05) is 18.4 Å². The van der Waals surface area contributed by atoms with Crippen molar-refractivity contribution in [2.75, 3.05) is 5.32 Å². The van der Waals surface area contributed by atoms with E-state index in [1.165, 1.54) is 22.1 Å². The van der Waals surface area contributed by atoms with Gasteiger partial charge in [-0.25, -0.2) is 4.68 Å². The quantitative estimate of drug-likeness (QED) is 0.831. The Morgan fingerprint density at radius 2 is 2.21 bits per heavy atom. The van der Waals surface area contributed by atoms with Gasteiger partial charge in [-0.3, -0.25) is 14.9 Å². The molecule has 1 aliphatic carbocycles. The highest BCUT2D eigenvalue weighted by molar-refractivity contribution is 7.15. The van der Waals surface area contributed by atoms with E-state index >= 15 is 0 Å². The zero-order valence-electron chi connectivity index (χ0n) is 13.9. The van der Waals surface area contributed by atoms with Gasteiger partial charge in [-0.15, -0.1) is 10.2 Å². The van der Waals surface area contributed by atoms with Crippen molar-refractivity contribution in [3.05, 3.63) is 33.2 Å². The van der Waals surface area contributed by atoms with Crippen LogP contribution in [0.1, 0.15) is 62.2 Å². The second-order valence-electron chi connectivity index (χ2n) is 6.09. The molecule has 24 heavy (non-hydrogen) atoms. The van der Waals surface area contributed by atoms with Crippen molar-refractivity contribution < 1.29 is 4.79 Å². The molecule has 1 N–H and O–H groups in total. The molecule has 0 spiro atoms. The first-order valence-corrected chi connectivity index (χ1v) is 9.13. The molecule has 1 atom stereocenters. The molecular formula is C16H21N5O2S. The van der Waals surface area contributed by atoms with Crippen molar-refractivity contribution in [2.45, 2.75) is 57.9 Å². The van der Waals surface area contributed by atoms with Crippen molar-refractivity contribution in [3.8, 4) is 0 Å². The van der Waals surface area contributed by atoms with Crippen molar-refractivity contribution in [2.24, 2.45) is 0 Å². The molecule has 8 heteroatoms. The Labute approximate surface area is 144 Å². The number of amides is 1. The number of hydrogen-bond donors (Lipinski definition) is 1. The van der Waals surface area contributed by atoms with Gasteiger partial charge in [0.05, 0.1) is 5.69 Å². The molecule has 128 valence electrons. The van der Waals surface area contributed by atoms with E-state index < -0.39 is 6.04 Å². The molecule has 2 aromatic heterocycles. The molecular weight excluding hydrogens is 326 g/mol. The Morgan fingerprint density at radius 3 is 2.92 bits per heavy atom. The van der Waals surface area contributed by atoms with Crippen LogP contribution in [0.25, 0.3) is 0 Å². The van der Waals surface area contributed by atoms with Crippen LogP contribution in [-0.2, 0) is 11.2 Å². The summed E-state index contributed by atoms with van der Waals surface area (Å²) in [5.74, 6) is 0.118. The van der Waals surface area contributed by atoms with Gasteiger partial charge in [-0.05, 0) is 32.3 Å². The summed E-state index contributed by atoms with van der Waals surface area (Å²) in [6.45, 7) is 3.78. The minimum Gasteiger partial charge on any atom is -0.299 e. The molecule has 0 aromatic carbocycles. The van der Waals surface area contributed by atoms with Crippen LogP contribution in [0.2, 0.25) is 0 Å². The second-order valence-corrected chi connectivity index (χ2v) is 7.15. The Kier molecular flexibility index (Phi) is 5.03. The number of hydrogen-bond acceptors (Lipinski definition) is 6. The van der Waals surface area contributed by atoms with Crippen molar-refractivity contribution in [3.63, 3.8) is 0 Å². The predicted octanol–water partition coefficient (Wildman–Crippen LogP) is 2.51. The Hall–Kier alpha value is -2.09. The van der Waals surface area contributed by atoms with E-state index in [1.807, 2.05) is 0 Å². The van der Waals surface area contributed by atoms with E-state index in [1.54, 1.807) is 13.0 Å². The predicted molar refractivity (Wildman–Crippen MR) is 92.3 cm³/mol. The molecule has 3 rings (SSSR count). The second kappa shape index (κ2) is 7.21. The molecule has 7 nitrogen and oxygen atoms in total. The first-order valence-electron chi connectivity index (χ1n) is 8.31. The van der Waals surface area contributed by atoms with Crippen LogP contribution in [0.3, 0.4) is 0 Å². The molecule has 1 aliphatic rings. The van der Waals surface area contributed by atoms with Crippen LogP contribution in [0, 0.1) is 0 Å². The number of rotatable bonds is 7. The Bertz CT molecular complexity index is 781. The minimum atomic E-state index is -0.695. The highest BCUT2D eigenvalue weighted by Gasteiger charge is 2.27. The smallest absolute Gasteiger partial charge is 0.267 e. The highest BCUT2D eigenvalue weighted by atomic mass is 32.1. The van der Waals surface area contributed by atoms with Crippen LogP contribution < -0.4 is 10.9 Å². The molecule has 1 fully saturated rings. The van der Waals surface area contributed by atoms with Crippen molar-refractivity contribution in [1.82, 2.24) is 20.0 Å². The summed E-state index contributed by atoms with van der Waals surface area (Å²) in [6, 6.07) is 2.54. The molecule has 0 aliphatic heterocycles. The van der Waals surface area contributed by atoms with Gasteiger partial charge in [-0.1, -0.05) is 24.7 Å². The van der Waals surface area contributed by atoms with Gasteiger partial charge in [0.15, 0.2) is 0 Å². The largest absolute Gasteiger partial charge is 0.299 e. The zero-order chi connectivity index (χ0) is 17.1. The first-order chi connectivity index (χ1) is 11.6. The third-order valence-electron chi connectivity index (χ3n) is 4.03. The van der Waals surface area contributed by atoms with Crippen LogP contribution in [-0.4, -0.2) is 25.9 Å². The summed E-state index contributed by atoms with van der Waals surface area (Å²) >= 11 is 1.37. The molecule has 0 unspecified atom stereocenters. The SMILES string of the molecule is CCCCc1nnc(NC(=O)[C@H](C)n2nc(C3CC3)ccc2=O)s1. The molecule has 1 saturated carbocycles. The Balaban J connectivity index is 1.69. The average molecular weight is 347 g/mol. The average Bonchev–Trinajstić information content (AvgIpc) is 3.33. The van der Waals surface area contributed by atoms with E-state index in [4.69, 9.17) is 0 Å². The fourth-order valence-corrected chi connectivity index (χ4v) is 3.15. The van der Waals surface area contributed by atoms with Gasteiger partial charge >= 0.3 is 0 Å². The lowest BCUT2D eigenvalue weighted by atomic mass is 10.2.